The summed E-state index contributed by atoms with van der Waals surface area (Å²) >= 11 is 1.21. The number of anilines is 1. The smallest absolute Gasteiger partial charge is 0.260 e. The zero-order valence-corrected chi connectivity index (χ0v) is 22.3. The average Bonchev–Trinajstić information content (AvgIpc) is 3.39. The van der Waals surface area contributed by atoms with Gasteiger partial charge in [0.05, 0.1) is 27.4 Å². The maximum absolute atomic E-state index is 13.8. The molecule has 0 saturated heterocycles. The molecule has 1 aliphatic heterocycles. The number of rotatable bonds is 6. The summed E-state index contributed by atoms with van der Waals surface area (Å²) in [6.45, 7) is 0.862. The Hall–Kier alpha value is -3.99. The number of benzene rings is 3. The Bertz CT molecular complexity index is 1770. The predicted octanol–water partition coefficient (Wildman–Crippen LogP) is 5.42. The normalized spacial score (nSPS) is 13.8. The summed E-state index contributed by atoms with van der Waals surface area (Å²) in [6.07, 6.45) is 2.30. The van der Waals surface area contributed by atoms with E-state index in [9.17, 15) is 17.6 Å². The monoisotopic (exact) mass is 558 g/mol. The summed E-state index contributed by atoms with van der Waals surface area (Å²) in [5.41, 5.74) is 3.70. The second-order valence-corrected chi connectivity index (χ2v) is 12.1. The second-order valence-electron chi connectivity index (χ2n) is 9.20. The minimum atomic E-state index is -3.74. The molecular formula is C29H23FN4O3S2. The highest BCUT2D eigenvalue weighted by Gasteiger charge is 2.29. The molecule has 39 heavy (non-hydrogen) atoms. The number of carbonyl (C=O) groups excluding carboxylic acids is 1. The van der Waals surface area contributed by atoms with Crippen LogP contribution >= 0.6 is 11.3 Å². The summed E-state index contributed by atoms with van der Waals surface area (Å²) in [4.78, 5) is 24.2. The lowest BCUT2D eigenvalue weighted by atomic mass is 10.0. The van der Waals surface area contributed by atoms with Gasteiger partial charge in [-0.2, -0.15) is 4.31 Å². The third-order valence-corrected chi connectivity index (χ3v) is 9.60. The number of halogens is 1. The van der Waals surface area contributed by atoms with Crippen LogP contribution in [0.4, 0.5) is 9.52 Å². The lowest BCUT2D eigenvalue weighted by molar-refractivity contribution is 0.0984. The average molecular weight is 559 g/mol. The van der Waals surface area contributed by atoms with E-state index >= 15 is 0 Å². The molecule has 0 saturated carbocycles. The van der Waals surface area contributed by atoms with E-state index in [-0.39, 0.29) is 23.2 Å². The first kappa shape index (κ1) is 25.3. The van der Waals surface area contributed by atoms with Gasteiger partial charge in [0.15, 0.2) is 5.13 Å². The van der Waals surface area contributed by atoms with Gasteiger partial charge in [-0.15, -0.1) is 0 Å². The topological polar surface area (TPSA) is 83.5 Å². The van der Waals surface area contributed by atoms with Gasteiger partial charge in [-0.3, -0.25) is 14.7 Å². The van der Waals surface area contributed by atoms with Gasteiger partial charge in [0, 0.05) is 24.8 Å². The number of amides is 1. The van der Waals surface area contributed by atoms with Crippen molar-refractivity contribution in [3.8, 4) is 0 Å². The van der Waals surface area contributed by atoms with E-state index in [0.29, 0.717) is 46.1 Å². The van der Waals surface area contributed by atoms with Crippen LogP contribution in [0.25, 0.3) is 10.2 Å². The Kier molecular flexibility index (Phi) is 6.68. The highest BCUT2D eigenvalue weighted by molar-refractivity contribution is 7.89. The number of hydrogen-bond donors (Lipinski definition) is 0. The number of aromatic nitrogens is 2. The quantitative estimate of drug-likeness (QED) is 0.278. The SMILES string of the molecule is O=C(c1ccc(S(=O)(=O)N2CCc3ccccc3C2)cc1)N(Cc1ccccn1)c1nc2ccc(F)cc2s1. The van der Waals surface area contributed by atoms with Crippen LogP contribution in [-0.2, 0) is 29.5 Å². The Balaban J connectivity index is 1.29. The minimum Gasteiger partial charge on any atom is -0.278 e. The van der Waals surface area contributed by atoms with E-state index in [1.165, 1.54) is 56.9 Å². The first-order valence-electron chi connectivity index (χ1n) is 12.3. The molecule has 0 unspecified atom stereocenters. The Morgan fingerprint density at radius 1 is 0.974 bits per heavy atom. The Morgan fingerprint density at radius 2 is 1.74 bits per heavy atom. The summed E-state index contributed by atoms with van der Waals surface area (Å²) in [6, 6.07) is 23.5. The molecule has 0 aliphatic carbocycles. The van der Waals surface area contributed by atoms with Crippen LogP contribution < -0.4 is 4.90 Å². The van der Waals surface area contributed by atoms with Crippen molar-refractivity contribution in [1.82, 2.24) is 14.3 Å². The molecule has 0 bridgehead atoms. The van der Waals surface area contributed by atoms with Gasteiger partial charge >= 0.3 is 0 Å². The van der Waals surface area contributed by atoms with Crippen LogP contribution in [0.15, 0.2) is 96.0 Å². The molecule has 6 rings (SSSR count). The van der Waals surface area contributed by atoms with Crippen molar-refractivity contribution in [2.75, 3.05) is 11.4 Å². The van der Waals surface area contributed by atoms with Crippen LogP contribution in [0.1, 0.15) is 27.2 Å². The number of pyridine rings is 1. The van der Waals surface area contributed by atoms with Crippen LogP contribution in [0, 0.1) is 5.82 Å². The van der Waals surface area contributed by atoms with Crippen molar-refractivity contribution in [1.29, 1.82) is 0 Å². The van der Waals surface area contributed by atoms with Crippen molar-refractivity contribution in [3.63, 3.8) is 0 Å². The van der Waals surface area contributed by atoms with E-state index in [0.717, 1.165) is 11.1 Å². The van der Waals surface area contributed by atoms with Gasteiger partial charge in [-0.05, 0) is 72.1 Å². The van der Waals surface area contributed by atoms with Crippen LogP contribution in [0.3, 0.4) is 0 Å². The summed E-state index contributed by atoms with van der Waals surface area (Å²) < 4.78 is 42.7. The fourth-order valence-electron chi connectivity index (χ4n) is 4.63. The zero-order chi connectivity index (χ0) is 27.0. The van der Waals surface area contributed by atoms with Gasteiger partial charge in [0.25, 0.3) is 5.91 Å². The van der Waals surface area contributed by atoms with Crippen molar-refractivity contribution in [2.24, 2.45) is 0 Å². The third kappa shape index (κ3) is 5.06. The largest absolute Gasteiger partial charge is 0.278 e. The molecule has 196 valence electrons. The van der Waals surface area contributed by atoms with Crippen LogP contribution in [0.2, 0.25) is 0 Å². The van der Waals surface area contributed by atoms with Crippen LogP contribution in [-0.4, -0.2) is 35.1 Å². The molecule has 5 aromatic rings. The standard InChI is InChI=1S/C29H23FN4O3S2/c30-23-10-13-26-27(17-23)38-29(32-26)34(19-24-7-3-4-15-31-24)28(35)21-8-11-25(12-9-21)39(36,37)33-16-14-20-5-1-2-6-22(20)18-33/h1-13,15,17H,14,16,18-19H2. The molecule has 10 heteroatoms. The van der Waals surface area contributed by atoms with Crippen molar-refractivity contribution >= 4 is 42.6 Å². The molecular weight excluding hydrogens is 535 g/mol. The highest BCUT2D eigenvalue weighted by Crippen LogP contribution is 2.32. The number of carbonyl (C=O) groups is 1. The zero-order valence-electron chi connectivity index (χ0n) is 20.7. The Morgan fingerprint density at radius 3 is 2.51 bits per heavy atom. The van der Waals surface area contributed by atoms with Crippen molar-refractivity contribution in [3.05, 3.63) is 119 Å². The molecule has 0 spiro atoms. The molecule has 0 fully saturated rings. The molecule has 3 aromatic carbocycles. The van der Waals surface area contributed by atoms with E-state index < -0.39 is 10.0 Å². The third-order valence-electron chi connectivity index (χ3n) is 6.70. The second kappa shape index (κ2) is 10.3. The fraction of sp³-hybridized carbons (Fsp3) is 0.138. The summed E-state index contributed by atoms with van der Waals surface area (Å²) in [7, 11) is -3.74. The van der Waals surface area contributed by atoms with Gasteiger partial charge < -0.3 is 0 Å². The lowest BCUT2D eigenvalue weighted by Crippen LogP contribution is -2.36. The van der Waals surface area contributed by atoms with Crippen molar-refractivity contribution in [2.45, 2.75) is 24.4 Å². The number of nitrogens with zero attached hydrogens (tertiary/aromatic N) is 4. The van der Waals surface area contributed by atoms with Crippen molar-refractivity contribution < 1.29 is 17.6 Å². The molecule has 3 heterocycles. The van der Waals surface area contributed by atoms with Crippen LogP contribution in [0.5, 0.6) is 0 Å². The fourth-order valence-corrected chi connectivity index (χ4v) is 7.04. The molecule has 2 aromatic heterocycles. The molecule has 7 nitrogen and oxygen atoms in total. The maximum atomic E-state index is 13.8. The summed E-state index contributed by atoms with van der Waals surface area (Å²) in [5, 5.41) is 0.398. The van der Waals surface area contributed by atoms with E-state index in [1.54, 1.807) is 24.4 Å². The summed E-state index contributed by atoms with van der Waals surface area (Å²) in [5.74, 6) is -0.745. The number of sulfonamides is 1. The predicted molar refractivity (Wildman–Crippen MR) is 149 cm³/mol. The first-order chi connectivity index (χ1) is 18.9. The molecule has 0 atom stereocenters. The molecule has 0 radical (unpaired) electrons. The first-order valence-corrected chi connectivity index (χ1v) is 14.6. The number of fused-ring (bicyclic) bond motifs is 2. The minimum absolute atomic E-state index is 0.130. The molecule has 1 amide bonds. The maximum Gasteiger partial charge on any atom is 0.260 e. The molecule has 1 aliphatic rings. The highest BCUT2D eigenvalue weighted by atomic mass is 32.2. The Labute approximate surface area is 229 Å². The van der Waals surface area contributed by atoms with Gasteiger partial charge in [-0.25, -0.2) is 17.8 Å². The number of hydrogen-bond acceptors (Lipinski definition) is 6. The van der Waals surface area contributed by atoms with E-state index in [1.807, 2.05) is 30.3 Å². The number of thiazole rings is 1. The lowest BCUT2D eigenvalue weighted by Gasteiger charge is -2.28. The van der Waals surface area contributed by atoms with Gasteiger partial charge in [0.1, 0.15) is 5.82 Å². The van der Waals surface area contributed by atoms with Gasteiger partial charge in [-0.1, -0.05) is 41.7 Å². The van der Waals surface area contributed by atoms with E-state index in [2.05, 4.69) is 9.97 Å². The van der Waals surface area contributed by atoms with Gasteiger partial charge in [0.2, 0.25) is 10.0 Å². The van der Waals surface area contributed by atoms with E-state index in [4.69, 9.17) is 0 Å². The molecule has 0 N–H and O–H groups in total.